The van der Waals surface area contributed by atoms with Gasteiger partial charge in [-0.25, -0.2) is 0 Å². The fourth-order valence-electron chi connectivity index (χ4n) is 3.23. The van der Waals surface area contributed by atoms with Crippen LogP contribution in [0.3, 0.4) is 0 Å². The first-order valence-electron chi connectivity index (χ1n) is 7.62. The van der Waals surface area contributed by atoms with E-state index in [9.17, 15) is 0 Å². The summed E-state index contributed by atoms with van der Waals surface area (Å²) in [5.41, 5.74) is 1.05. The molecule has 0 amide bonds. The fraction of sp³-hybridized carbons (Fsp3) is 0.688. The molecule has 1 aromatic heterocycles. The molecule has 2 rings (SSSR count). The van der Waals surface area contributed by atoms with E-state index in [-0.39, 0.29) is 11.6 Å². The Labute approximate surface area is 121 Å². The SMILES string of the molecule is CCNC(c1cncc(OCC)c1)C1(OC)CCCC1. The summed E-state index contributed by atoms with van der Waals surface area (Å²) in [5, 5.41) is 3.58. The first kappa shape index (κ1) is 15.3. The molecule has 0 radical (unpaired) electrons. The Hall–Kier alpha value is -1.13. The average molecular weight is 278 g/mol. The van der Waals surface area contributed by atoms with E-state index in [1.807, 2.05) is 20.2 Å². The highest BCUT2D eigenvalue weighted by atomic mass is 16.5. The first-order chi connectivity index (χ1) is 9.75. The number of rotatable bonds is 7. The van der Waals surface area contributed by atoms with E-state index in [0.717, 1.165) is 30.7 Å². The van der Waals surface area contributed by atoms with Crippen LogP contribution in [-0.2, 0) is 4.74 Å². The van der Waals surface area contributed by atoms with E-state index >= 15 is 0 Å². The van der Waals surface area contributed by atoms with Gasteiger partial charge in [0.2, 0.25) is 0 Å². The lowest BCUT2D eigenvalue weighted by molar-refractivity contribution is -0.0365. The Kier molecular flexibility index (Phi) is 5.38. The summed E-state index contributed by atoms with van der Waals surface area (Å²) in [6.07, 6.45) is 8.35. The van der Waals surface area contributed by atoms with Crippen molar-refractivity contribution in [2.75, 3.05) is 20.3 Å². The molecule has 1 aliphatic rings. The molecule has 112 valence electrons. The molecule has 20 heavy (non-hydrogen) atoms. The molecule has 0 aromatic carbocycles. The largest absolute Gasteiger partial charge is 0.492 e. The lowest BCUT2D eigenvalue weighted by atomic mass is 9.87. The van der Waals surface area contributed by atoms with E-state index < -0.39 is 0 Å². The second-order valence-electron chi connectivity index (χ2n) is 5.35. The number of ether oxygens (including phenoxy) is 2. The van der Waals surface area contributed by atoms with Crippen molar-refractivity contribution in [3.05, 3.63) is 24.0 Å². The minimum Gasteiger partial charge on any atom is -0.492 e. The maximum Gasteiger partial charge on any atom is 0.137 e. The highest BCUT2D eigenvalue weighted by Crippen LogP contribution is 2.42. The number of nitrogens with zero attached hydrogens (tertiary/aromatic N) is 1. The van der Waals surface area contributed by atoms with Gasteiger partial charge in [-0.1, -0.05) is 19.8 Å². The molecule has 0 bridgehead atoms. The summed E-state index contributed by atoms with van der Waals surface area (Å²) in [5.74, 6) is 0.831. The highest BCUT2D eigenvalue weighted by molar-refractivity contribution is 5.28. The maximum absolute atomic E-state index is 5.94. The molecule has 1 saturated carbocycles. The Bertz CT molecular complexity index is 417. The smallest absolute Gasteiger partial charge is 0.137 e. The van der Waals surface area contributed by atoms with Gasteiger partial charge in [-0.2, -0.15) is 0 Å². The first-order valence-corrected chi connectivity index (χ1v) is 7.62. The molecule has 0 spiro atoms. The molecule has 1 atom stereocenters. The van der Waals surface area contributed by atoms with Crippen molar-refractivity contribution in [1.82, 2.24) is 10.3 Å². The minimum atomic E-state index is -0.109. The van der Waals surface area contributed by atoms with Gasteiger partial charge < -0.3 is 14.8 Å². The van der Waals surface area contributed by atoms with Crippen LogP contribution in [0.4, 0.5) is 0 Å². The van der Waals surface area contributed by atoms with Gasteiger partial charge >= 0.3 is 0 Å². The van der Waals surface area contributed by atoms with Gasteiger partial charge in [0.15, 0.2) is 0 Å². The van der Waals surface area contributed by atoms with Crippen molar-refractivity contribution >= 4 is 0 Å². The lowest BCUT2D eigenvalue weighted by Crippen LogP contribution is -2.43. The summed E-state index contributed by atoms with van der Waals surface area (Å²) in [7, 11) is 1.83. The van der Waals surface area contributed by atoms with Crippen molar-refractivity contribution in [1.29, 1.82) is 0 Å². The predicted molar refractivity (Wildman–Crippen MR) is 80.0 cm³/mol. The van der Waals surface area contributed by atoms with E-state index in [1.165, 1.54) is 12.8 Å². The van der Waals surface area contributed by atoms with Gasteiger partial charge in [0.1, 0.15) is 5.75 Å². The number of aromatic nitrogens is 1. The predicted octanol–water partition coefficient (Wildman–Crippen LogP) is 3.09. The fourth-order valence-corrected chi connectivity index (χ4v) is 3.23. The Morgan fingerprint density at radius 3 is 2.65 bits per heavy atom. The number of hydrogen-bond acceptors (Lipinski definition) is 4. The van der Waals surface area contributed by atoms with Gasteiger partial charge in [-0.15, -0.1) is 0 Å². The second kappa shape index (κ2) is 7.04. The van der Waals surface area contributed by atoms with Gasteiger partial charge in [0.05, 0.1) is 24.4 Å². The average Bonchev–Trinajstić information content (AvgIpc) is 2.95. The standard InChI is InChI=1S/C16H26N2O2/c1-4-18-15(16(19-3)8-6-7-9-16)13-10-14(20-5-2)12-17-11-13/h10-12,15,18H,4-9H2,1-3H3. The normalized spacial score (nSPS) is 18.9. The van der Waals surface area contributed by atoms with Crippen LogP contribution in [-0.4, -0.2) is 30.8 Å². The van der Waals surface area contributed by atoms with Crippen LogP contribution in [0.1, 0.15) is 51.1 Å². The number of hydrogen-bond donors (Lipinski definition) is 1. The van der Waals surface area contributed by atoms with Crippen LogP contribution in [0.5, 0.6) is 5.75 Å². The zero-order chi connectivity index (χ0) is 14.4. The highest BCUT2D eigenvalue weighted by Gasteiger charge is 2.42. The molecule has 4 heteroatoms. The Morgan fingerprint density at radius 2 is 2.05 bits per heavy atom. The number of pyridine rings is 1. The molecule has 0 saturated heterocycles. The van der Waals surface area contributed by atoms with Crippen molar-refractivity contribution < 1.29 is 9.47 Å². The number of nitrogens with one attached hydrogen (secondary N) is 1. The van der Waals surface area contributed by atoms with Gasteiger partial charge in [0, 0.05) is 13.3 Å². The van der Waals surface area contributed by atoms with Crippen LogP contribution in [0.2, 0.25) is 0 Å². The van der Waals surface area contributed by atoms with Gasteiger partial charge in [-0.3, -0.25) is 4.98 Å². The van der Waals surface area contributed by atoms with Crippen molar-refractivity contribution in [3.63, 3.8) is 0 Å². The van der Waals surface area contributed by atoms with Crippen LogP contribution >= 0.6 is 0 Å². The second-order valence-corrected chi connectivity index (χ2v) is 5.35. The van der Waals surface area contributed by atoms with Crippen LogP contribution < -0.4 is 10.1 Å². The maximum atomic E-state index is 5.94. The topological polar surface area (TPSA) is 43.4 Å². The molecule has 0 aliphatic heterocycles. The van der Waals surface area contributed by atoms with Crippen molar-refractivity contribution in [3.8, 4) is 5.75 Å². The number of methoxy groups -OCH3 is 1. The van der Waals surface area contributed by atoms with Crippen LogP contribution in [0, 0.1) is 0 Å². The third-order valence-corrected chi connectivity index (χ3v) is 4.17. The summed E-state index contributed by atoms with van der Waals surface area (Å²) in [4.78, 5) is 4.32. The minimum absolute atomic E-state index is 0.109. The summed E-state index contributed by atoms with van der Waals surface area (Å²) in [6.45, 7) is 5.69. The quantitative estimate of drug-likeness (QED) is 0.832. The van der Waals surface area contributed by atoms with E-state index in [0.29, 0.717) is 6.61 Å². The van der Waals surface area contributed by atoms with Crippen molar-refractivity contribution in [2.24, 2.45) is 0 Å². The van der Waals surface area contributed by atoms with E-state index in [2.05, 4.69) is 23.3 Å². The summed E-state index contributed by atoms with van der Waals surface area (Å²) < 4.78 is 11.5. The van der Waals surface area contributed by atoms with Crippen LogP contribution in [0.15, 0.2) is 18.5 Å². The zero-order valence-corrected chi connectivity index (χ0v) is 12.8. The molecule has 4 nitrogen and oxygen atoms in total. The molecule has 1 N–H and O–H groups in total. The molecular formula is C16H26N2O2. The third kappa shape index (κ3) is 3.13. The molecular weight excluding hydrogens is 252 g/mol. The zero-order valence-electron chi connectivity index (χ0n) is 12.8. The van der Waals surface area contributed by atoms with E-state index in [4.69, 9.17) is 9.47 Å². The van der Waals surface area contributed by atoms with Gasteiger partial charge in [-0.05, 0) is 37.9 Å². The Morgan fingerprint density at radius 1 is 1.30 bits per heavy atom. The van der Waals surface area contributed by atoms with Crippen molar-refractivity contribution in [2.45, 2.75) is 51.2 Å². The van der Waals surface area contributed by atoms with E-state index in [1.54, 1.807) is 6.20 Å². The third-order valence-electron chi connectivity index (χ3n) is 4.17. The summed E-state index contributed by atoms with van der Waals surface area (Å²) >= 11 is 0. The van der Waals surface area contributed by atoms with Gasteiger partial charge in [0.25, 0.3) is 0 Å². The molecule has 1 unspecified atom stereocenters. The molecule has 1 fully saturated rings. The number of likely N-dealkylation sites (N-methyl/N-ethyl adjacent to an activating group) is 1. The molecule has 1 aliphatic carbocycles. The molecule has 1 heterocycles. The summed E-state index contributed by atoms with van der Waals surface area (Å²) in [6, 6.07) is 2.26. The Balaban J connectivity index is 2.29. The lowest BCUT2D eigenvalue weighted by Gasteiger charge is -2.37. The molecule has 1 aromatic rings. The van der Waals surface area contributed by atoms with Crippen LogP contribution in [0.25, 0.3) is 0 Å². The monoisotopic (exact) mass is 278 g/mol.